The number of fused-ring (bicyclic) bond motifs is 1. The normalized spacial score (nSPS) is 9.47. The van der Waals surface area contributed by atoms with Crippen molar-refractivity contribution in [1.29, 1.82) is 15.8 Å². The average molecular weight is 195 g/mol. The van der Waals surface area contributed by atoms with Crippen molar-refractivity contribution in [2.45, 2.75) is 6.92 Å². The summed E-state index contributed by atoms with van der Waals surface area (Å²) in [6.07, 6.45) is 1.67. The number of nitrogens with one attached hydrogen (secondary N) is 1. The third-order valence-electron chi connectivity index (χ3n) is 2.25. The van der Waals surface area contributed by atoms with Gasteiger partial charge in [0, 0.05) is 6.20 Å². The molecule has 0 bridgehead atoms. The van der Waals surface area contributed by atoms with Crippen molar-refractivity contribution in [3.05, 3.63) is 28.7 Å². The predicted molar refractivity (Wildman–Crippen MR) is 50.6 cm³/mol. The van der Waals surface area contributed by atoms with E-state index in [0.29, 0.717) is 11.2 Å². The Bertz CT molecular complexity index is 666. The summed E-state index contributed by atoms with van der Waals surface area (Å²) in [5.41, 5.74) is 2.17. The van der Waals surface area contributed by atoms with E-state index in [2.05, 4.69) is 4.98 Å². The van der Waals surface area contributed by atoms with Crippen molar-refractivity contribution in [2.24, 2.45) is 0 Å². The van der Waals surface area contributed by atoms with Crippen LogP contribution in [-0.4, -0.2) is 9.38 Å². The summed E-state index contributed by atoms with van der Waals surface area (Å²) in [6.45, 7) is 1.78. The van der Waals surface area contributed by atoms with E-state index in [0.717, 1.165) is 5.56 Å². The number of aromatic amines is 1. The highest BCUT2D eigenvalue weighted by atomic mass is 15.0. The summed E-state index contributed by atoms with van der Waals surface area (Å²) in [7, 11) is 0. The van der Waals surface area contributed by atoms with Crippen LogP contribution in [0.25, 0.3) is 5.65 Å². The molecule has 0 unspecified atom stereocenters. The van der Waals surface area contributed by atoms with Gasteiger partial charge in [-0.25, -0.2) is 0 Å². The SMILES string of the molecule is Cc1cn2c(C#N)c(C#N)[nH]c2c1C#N. The standard InChI is InChI=1S/C10H5N5/c1-6-5-15-9(4-13)8(3-12)14-10(15)7(6)2-11/h5,14H,1H3. The summed E-state index contributed by atoms with van der Waals surface area (Å²) in [5.74, 6) is 0. The van der Waals surface area contributed by atoms with Crippen LogP contribution in [0.4, 0.5) is 0 Å². The number of hydrogen-bond acceptors (Lipinski definition) is 3. The molecule has 5 nitrogen and oxygen atoms in total. The van der Waals surface area contributed by atoms with Gasteiger partial charge in [-0.15, -0.1) is 0 Å². The van der Waals surface area contributed by atoms with Gasteiger partial charge in [0.05, 0.1) is 5.56 Å². The minimum Gasteiger partial charge on any atom is -0.329 e. The van der Waals surface area contributed by atoms with Crippen molar-refractivity contribution >= 4 is 5.65 Å². The largest absolute Gasteiger partial charge is 0.329 e. The molecule has 0 aliphatic carbocycles. The zero-order valence-electron chi connectivity index (χ0n) is 7.87. The van der Waals surface area contributed by atoms with Crippen LogP contribution >= 0.6 is 0 Å². The van der Waals surface area contributed by atoms with Gasteiger partial charge in [-0.3, -0.25) is 4.40 Å². The van der Waals surface area contributed by atoms with E-state index < -0.39 is 0 Å². The first-order valence-electron chi connectivity index (χ1n) is 4.16. The Morgan fingerprint density at radius 3 is 2.47 bits per heavy atom. The molecule has 2 aromatic rings. The lowest BCUT2D eigenvalue weighted by atomic mass is 10.2. The monoisotopic (exact) mass is 195 g/mol. The Labute approximate surface area is 85.4 Å². The predicted octanol–water partition coefficient (Wildman–Crippen LogP) is 1.19. The molecule has 15 heavy (non-hydrogen) atoms. The van der Waals surface area contributed by atoms with Gasteiger partial charge in [0.2, 0.25) is 0 Å². The molecular formula is C10H5N5. The van der Waals surface area contributed by atoms with E-state index in [1.54, 1.807) is 13.1 Å². The molecule has 0 aliphatic rings. The molecule has 2 rings (SSSR count). The highest BCUT2D eigenvalue weighted by molar-refractivity contribution is 5.64. The number of hydrogen-bond donors (Lipinski definition) is 1. The average Bonchev–Trinajstić information content (AvgIpc) is 2.71. The molecule has 0 saturated heterocycles. The van der Waals surface area contributed by atoms with Crippen LogP contribution in [0.2, 0.25) is 0 Å². The van der Waals surface area contributed by atoms with Crippen LogP contribution in [0.5, 0.6) is 0 Å². The third kappa shape index (κ3) is 0.995. The fraction of sp³-hybridized carbons (Fsp3) is 0.100. The van der Waals surface area contributed by atoms with Gasteiger partial charge in [-0.05, 0) is 12.5 Å². The van der Waals surface area contributed by atoms with Crippen molar-refractivity contribution in [3.63, 3.8) is 0 Å². The molecule has 2 aromatic heterocycles. The number of H-pyrrole nitrogens is 1. The molecular weight excluding hydrogens is 190 g/mol. The molecule has 0 saturated carbocycles. The molecule has 0 atom stereocenters. The Hall–Kier alpha value is -2.71. The van der Waals surface area contributed by atoms with Gasteiger partial charge >= 0.3 is 0 Å². The molecule has 1 N–H and O–H groups in total. The number of aromatic nitrogens is 2. The minimum absolute atomic E-state index is 0.184. The van der Waals surface area contributed by atoms with Gasteiger partial charge in [-0.2, -0.15) is 15.8 Å². The summed E-state index contributed by atoms with van der Waals surface area (Å²) in [4.78, 5) is 2.76. The van der Waals surface area contributed by atoms with Gasteiger partial charge < -0.3 is 4.98 Å². The van der Waals surface area contributed by atoms with Gasteiger partial charge in [-0.1, -0.05) is 0 Å². The second kappa shape index (κ2) is 2.90. The zero-order valence-corrected chi connectivity index (χ0v) is 7.87. The van der Waals surface area contributed by atoms with Gasteiger partial charge in [0.25, 0.3) is 0 Å². The van der Waals surface area contributed by atoms with E-state index in [4.69, 9.17) is 15.8 Å². The first kappa shape index (κ1) is 8.87. The Balaban J connectivity index is 2.97. The quantitative estimate of drug-likeness (QED) is 0.684. The second-order valence-corrected chi connectivity index (χ2v) is 3.09. The summed E-state index contributed by atoms with van der Waals surface area (Å²) in [6, 6.07) is 5.85. The smallest absolute Gasteiger partial charge is 0.160 e. The van der Waals surface area contributed by atoms with Crippen LogP contribution in [0, 0.1) is 40.9 Å². The highest BCUT2D eigenvalue weighted by Gasteiger charge is 2.15. The summed E-state index contributed by atoms with van der Waals surface area (Å²) >= 11 is 0. The third-order valence-corrected chi connectivity index (χ3v) is 2.25. The van der Waals surface area contributed by atoms with E-state index in [9.17, 15) is 0 Å². The van der Waals surface area contributed by atoms with Gasteiger partial charge in [0.15, 0.2) is 11.4 Å². The number of nitrogens with zero attached hydrogens (tertiary/aromatic N) is 4. The topological polar surface area (TPSA) is 91.6 Å². The van der Waals surface area contributed by atoms with E-state index in [1.165, 1.54) is 4.40 Å². The summed E-state index contributed by atoms with van der Waals surface area (Å²) in [5, 5.41) is 26.6. The van der Waals surface area contributed by atoms with Crippen LogP contribution in [0.15, 0.2) is 6.20 Å². The van der Waals surface area contributed by atoms with Gasteiger partial charge in [0.1, 0.15) is 23.9 Å². The lowest BCUT2D eigenvalue weighted by Crippen LogP contribution is -1.84. The lowest BCUT2D eigenvalue weighted by Gasteiger charge is -1.84. The molecule has 0 amide bonds. The number of aryl methyl sites for hydroxylation is 1. The van der Waals surface area contributed by atoms with Crippen molar-refractivity contribution in [2.75, 3.05) is 0 Å². The number of nitriles is 3. The maximum atomic E-state index is 8.90. The van der Waals surface area contributed by atoms with Crippen molar-refractivity contribution < 1.29 is 0 Å². The Morgan fingerprint density at radius 1 is 1.20 bits per heavy atom. The van der Waals surface area contributed by atoms with Crippen molar-refractivity contribution in [1.82, 2.24) is 9.38 Å². The molecule has 0 radical (unpaired) electrons. The maximum absolute atomic E-state index is 8.90. The Kier molecular flexibility index (Phi) is 1.72. The highest BCUT2D eigenvalue weighted by Crippen LogP contribution is 2.19. The molecule has 0 spiro atoms. The van der Waals surface area contributed by atoms with Crippen LogP contribution in [0.1, 0.15) is 22.5 Å². The molecule has 70 valence electrons. The van der Waals surface area contributed by atoms with E-state index in [1.807, 2.05) is 18.2 Å². The van der Waals surface area contributed by atoms with Crippen molar-refractivity contribution in [3.8, 4) is 18.2 Å². The lowest BCUT2D eigenvalue weighted by molar-refractivity contribution is 1.17. The second-order valence-electron chi connectivity index (χ2n) is 3.09. The maximum Gasteiger partial charge on any atom is 0.160 e. The molecule has 0 aromatic carbocycles. The van der Waals surface area contributed by atoms with Crippen LogP contribution < -0.4 is 0 Å². The molecule has 2 heterocycles. The minimum atomic E-state index is 0.184. The first-order chi connectivity index (χ1) is 7.22. The van der Waals surface area contributed by atoms with E-state index >= 15 is 0 Å². The first-order valence-corrected chi connectivity index (χ1v) is 4.16. The number of rotatable bonds is 0. The van der Waals surface area contributed by atoms with Crippen LogP contribution in [0.3, 0.4) is 0 Å². The summed E-state index contributed by atoms with van der Waals surface area (Å²) < 4.78 is 1.53. The fourth-order valence-electron chi connectivity index (χ4n) is 1.56. The molecule has 5 heteroatoms. The zero-order chi connectivity index (χ0) is 11.0. The molecule has 0 aliphatic heterocycles. The molecule has 0 fully saturated rings. The van der Waals surface area contributed by atoms with E-state index in [-0.39, 0.29) is 11.4 Å². The Morgan fingerprint density at radius 2 is 1.93 bits per heavy atom. The fourth-order valence-corrected chi connectivity index (χ4v) is 1.56. The van der Waals surface area contributed by atoms with Crippen LogP contribution in [-0.2, 0) is 0 Å². The number of imidazole rings is 1.